The van der Waals surface area contributed by atoms with Crippen LogP contribution in [0.2, 0.25) is 5.02 Å². The van der Waals surface area contributed by atoms with Gasteiger partial charge in [-0.25, -0.2) is 0 Å². The molecule has 19 heavy (non-hydrogen) atoms. The summed E-state index contributed by atoms with van der Waals surface area (Å²) in [6.07, 6.45) is 1.00. The largest absolute Gasteiger partial charge is 0.253 e. The Morgan fingerprint density at radius 2 is 1.53 bits per heavy atom. The lowest BCUT2D eigenvalue weighted by atomic mass is 10.2. The molecule has 0 saturated heterocycles. The maximum Gasteiger partial charge on any atom is 0.0705 e. The first-order valence-corrected chi connectivity index (χ1v) is 6.72. The third-order valence-corrected chi connectivity index (χ3v) is 3.00. The fraction of sp³-hybridized carbons (Fsp3) is 0.118. The van der Waals surface area contributed by atoms with Crippen molar-refractivity contribution < 1.29 is 0 Å². The molecule has 2 aromatic carbocycles. The minimum absolute atomic E-state index is 0.794. The van der Waals surface area contributed by atoms with Crippen LogP contribution in [0.15, 0.2) is 66.7 Å². The molecule has 96 valence electrons. The van der Waals surface area contributed by atoms with Crippen molar-refractivity contribution in [2.45, 2.75) is 13.3 Å². The van der Waals surface area contributed by atoms with Gasteiger partial charge in [0.1, 0.15) is 0 Å². The summed E-state index contributed by atoms with van der Waals surface area (Å²) in [4.78, 5) is 4.49. The number of aromatic nitrogens is 1. The standard InChI is InChI=1S/C11H11N.C6H5Cl/c1-2-10-8-7-9-5-3-4-6-11(9)12-10;7-6-4-2-1-3-5-6/h3-8H,2H2,1H3;1-5H. The third-order valence-electron chi connectivity index (χ3n) is 2.75. The summed E-state index contributed by atoms with van der Waals surface area (Å²) in [7, 11) is 0. The number of aryl methyl sites for hydroxylation is 1. The maximum atomic E-state index is 5.54. The van der Waals surface area contributed by atoms with Crippen molar-refractivity contribution in [3.05, 3.63) is 77.4 Å². The Labute approximate surface area is 118 Å². The summed E-state index contributed by atoms with van der Waals surface area (Å²) in [5, 5.41) is 2.01. The number of pyridine rings is 1. The summed E-state index contributed by atoms with van der Waals surface area (Å²) in [5.74, 6) is 0. The lowest BCUT2D eigenvalue weighted by Gasteiger charge is -1.98. The van der Waals surface area contributed by atoms with E-state index in [9.17, 15) is 0 Å². The number of nitrogens with zero attached hydrogens (tertiary/aromatic N) is 1. The number of halogens is 1. The number of hydrogen-bond donors (Lipinski definition) is 0. The number of rotatable bonds is 1. The lowest BCUT2D eigenvalue weighted by molar-refractivity contribution is 1.06. The molecule has 0 unspecified atom stereocenters. The highest BCUT2D eigenvalue weighted by Crippen LogP contribution is 2.11. The molecular formula is C17H16ClN. The normalized spacial score (nSPS) is 9.79. The molecule has 0 aliphatic carbocycles. The van der Waals surface area contributed by atoms with Crippen LogP contribution in [-0.4, -0.2) is 4.98 Å². The Hall–Kier alpha value is -1.86. The van der Waals surface area contributed by atoms with Crippen LogP contribution in [0.1, 0.15) is 12.6 Å². The second kappa shape index (κ2) is 6.91. The molecular weight excluding hydrogens is 254 g/mol. The Morgan fingerprint density at radius 3 is 2.16 bits per heavy atom. The van der Waals surface area contributed by atoms with Crippen LogP contribution in [0, 0.1) is 0 Å². The van der Waals surface area contributed by atoms with Gasteiger partial charge < -0.3 is 0 Å². The van der Waals surface area contributed by atoms with Crippen LogP contribution in [0.4, 0.5) is 0 Å². The minimum atomic E-state index is 0.794. The summed E-state index contributed by atoms with van der Waals surface area (Å²) < 4.78 is 0. The smallest absolute Gasteiger partial charge is 0.0705 e. The third kappa shape index (κ3) is 4.08. The van der Waals surface area contributed by atoms with E-state index in [4.69, 9.17) is 11.6 Å². The van der Waals surface area contributed by atoms with Gasteiger partial charge in [0.25, 0.3) is 0 Å². The monoisotopic (exact) mass is 269 g/mol. The first-order chi connectivity index (χ1) is 9.29. The molecule has 1 nitrogen and oxygen atoms in total. The summed E-state index contributed by atoms with van der Waals surface area (Å²) in [6.45, 7) is 2.12. The minimum Gasteiger partial charge on any atom is -0.253 e. The average Bonchev–Trinajstić information content (AvgIpc) is 2.48. The fourth-order valence-electron chi connectivity index (χ4n) is 1.72. The molecule has 3 rings (SSSR count). The first kappa shape index (κ1) is 13.6. The zero-order valence-corrected chi connectivity index (χ0v) is 11.6. The summed E-state index contributed by atoms with van der Waals surface area (Å²) >= 11 is 5.54. The Morgan fingerprint density at radius 1 is 0.842 bits per heavy atom. The zero-order valence-electron chi connectivity index (χ0n) is 10.9. The predicted molar refractivity (Wildman–Crippen MR) is 82.6 cm³/mol. The van der Waals surface area contributed by atoms with Gasteiger partial charge in [0.2, 0.25) is 0 Å². The molecule has 3 aromatic rings. The van der Waals surface area contributed by atoms with Crippen LogP contribution in [0.5, 0.6) is 0 Å². The van der Waals surface area contributed by atoms with Crippen LogP contribution in [-0.2, 0) is 6.42 Å². The molecule has 0 saturated carbocycles. The molecule has 0 bridgehead atoms. The number of para-hydroxylation sites is 1. The van der Waals surface area contributed by atoms with E-state index in [0.29, 0.717) is 0 Å². The van der Waals surface area contributed by atoms with Gasteiger partial charge in [-0.05, 0) is 30.7 Å². The van der Waals surface area contributed by atoms with Crippen LogP contribution in [0.3, 0.4) is 0 Å². The molecule has 1 aromatic heterocycles. The van der Waals surface area contributed by atoms with Crippen molar-refractivity contribution >= 4 is 22.5 Å². The predicted octanol–water partition coefficient (Wildman–Crippen LogP) is 5.14. The van der Waals surface area contributed by atoms with Crippen LogP contribution >= 0.6 is 11.6 Å². The van der Waals surface area contributed by atoms with Crippen molar-refractivity contribution in [3.8, 4) is 0 Å². The van der Waals surface area contributed by atoms with Gasteiger partial charge in [0, 0.05) is 16.1 Å². The van der Waals surface area contributed by atoms with E-state index >= 15 is 0 Å². The first-order valence-electron chi connectivity index (χ1n) is 6.35. The molecule has 0 fully saturated rings. The van der Waals surface area contributed by atoms with E-state index in [0.717, 1.165) is 22.7 Å². The topological polar surface area (TPSA) is 12.9 Å². The van der Waals surface area contributed by atoms with Crippen molar-refractivity contribution in [1.29, 1.82) is 0 Å². The molecule has 2 heteroatoms. The molecule has 0 atom stereocenters. The second-order valence-corrected chi connectivity index (χ2v) is 4.58. The van der Waals surface area contributed by atoms with Crippen molar-refractivity contribution in [2.75, 3.05) is 0 Å². The molecule has 0 aliphatic heterocycles. The van der Waals surface area contributed by atoms with Gasteiger partial charge in [-0.3, -0.25) is 4.98 Å². The van der Waals surface area contributed by atoms with Crippen LogP contribution < -0.4 is 0 Å². The number of benzene rings is 2. The van der Waals surface area contributed by atoms with E-state index in [2.05, 4.69) is 36.2 Å². The Kier molecular flexibility index (Phi) is 4.93. The molecule has 0 radical (unpaired) electrons. The molecule has 1 heterocycles. The second-order valence-electron chi connectivity index (χ2n) is 4.14. The highest BCUT2D eigenvalue weighted by Gasteiger charge is 1.93. The highest BCUT2D eigenvalue weighted by atomic mass is 35.5. The molecule has 0 spiro atoms. The van der Waals surface area contributed by atoms with E-state index in [1.54, 1.807) is 0 Å². The van der Waals surface area contributed by atoms with Gasteiger partial charge in [-0.2, -0.15) is 0 Å². The summed E-state index contributed by atoms with van der Waals surface area (Å²) in [6, 6.07) is 21.9. The molecule has 0 aliphatic rings. The van der Waals surface area contributed by atoms with Crippen molar-refractivity contribution in [3.63, 3.8) is 0 Å². The lowest BCUT2D eigenvalue weighted by Crippen LogP contribution is -1.86. The van der Waals surface area contributed by atoms with Crippen LogP contribution in [0.25, 0.3) is 10.9 Å². The Bertz CT molecular complexity index is 635. The number of fused-ring (bicyclic) bond motifs is 1. The van der Waals surface area contributed by atoms with E-state index in [1.165, 1.54) is 5.39 Å². The number of hydrogen-bond acceptors (Lipinski definition) is 1. The molecule has 0 N–H and O–H groups in total. The van der Waals surface area contributed by atoms with Gasteiger partial charge in [0.15, 0.2) is 0 Å². The average molecular weight is 270 g/mol. The van der Waals surface area contributed by atoms with Gasteiger partial charge >= 0.3 is 0 Å². The fourth-order valence-corrected chi connectivity index (χ4v) is 1.87. The van der Waals surface area contributed by atoms with E-state index in [1.807, 2.05) is 42.5 Å². The van der Waals surface area contributed by atoms with Gasteiger partial charge in [-0.15, -0.1) is 0 Å². The zero-order chi connectivity index (χ0) is 13.5. The SMILES string of the molecule is CCc1ccc2ccccc2n1.Clc1ccccc1. The van der Waals surface area contributed by atoms with Gasteiger partial charge in [0.05, 0.1) is 5.52 Å². The summed E-state index contributed by atoms with van der Waals surface area (Å²) in [5.41, 5.74) is 2.26. The van der Waals surface area contributed by atoms with Gasteiger partial charge in [-0.1, -0.05) is 61.0 Å². The highest BCUT2D eigenvalue weighted by molar-refractivity contribution is 6.30. The molecule has 0 amide bonds. The quantitative estimate of drug-likeness (QED) is 0.596. The van der Waals surface area contributed by atoms with Crippen molar-refractivity contribution in [1.82, 2.24) is 4.98 Å². The Balaban J connectivity index is 0.000000163. The van der Waals surface area contributed by atoms with E-state index < -0.39 is 0 Å². The van der Waals surface area contributed by atoms with Crippen molar-refractivity contribution in [2.24, 2.45) is 0 Å². The maximum absolute atomic E-state index is 5.54. The van der Waals surface area contributed by atoms with E-state index in [-0.39, 0.29) is 0 Å².